The number of hydrogen-bond donors (Lipinski definition) is 3. The summed E-state index contributed by atoms with van der Waals surface area (Å²) in [5, 5.41) is 16.9. The number of nitrogens with one attached hydrogen (secondary N) is 2. The van der Waals surface area contributed by atoms with Crippen molar-refractivity contribution in [2.45, 2.75) is 57.3 Å². The summed E-state index contributed by atoms with van der Waals surface area (Å²) in [6.07, 6.45) is 3.12. The Kier molecular flexibility index (Phi) is 5.95. The minimum atomic E-state index is -1.11. The van der Waals surface area contributed by atoms with E-state index < -0.39 is 10.8 Å². The average Bonchev–Trinajstić information content (AvgIpc) is 3.01. The highest BCUT2D eigenvalue weighted by Crippen LogP contribution is 2.30. The standard InChI is InChI=1S/C17H31N3O3S/c1-10-7-18-15(11(2)16(10)23-3)9-24(22)17-19-13-5-4-12(8-21)6-14(13)20-17/h10-16,18,21H,4-9H2,1-3H3,(H,19,20). The van der Waals surface area contributed by atoms with Crippen LogP contribution in [0, 0.1) is 17.8 Å². The third-order valence-electron chi connectivity index (χ3n) is 6.01. The molecule has 3 aliphatic rings. The molecule has 0 spiro atoms. The molecule has 138 valence electrons. The first-order valence-corrected chi connectivity index (χ1v) is 10.4. The van der Waals surface area contributed by atoms with Gasteiger partial charge in [-0.2, -0.15) is 0 Å². The third-order valence-corrected chi connectivity index (χ3v) is 7.32. The minimum Gasteiger partial charge on any atom is -0.396 e. The molecule has 1 saturated carbocycles. The molecular formula is C17H31N3O3S. The van der Waals surface area contributed by atoms with Gasteiger partial charge in [0, 0.05) is 32.1 Å². The molecule has 6 nitrogen and oxygen atoms in total. The van der Waals surface area contributed by atoms with Crippen molar-refractivity contribution in [3.8, 4) is 0 Å². The first kappa shape index (κ1) is 18.3. The third kappa shape index (κ3) is 3.69. The summed E-state index contributed by atoms with van der Waals surface area (Å²) in [7, 11) is 0.652. The second kappa shape index (κ2) is 7.81. The summed E-state index contributed by atoms with van der Waals surface area (Å²) in [5.74, 6) is 1.72. The summed E-state index contributed by atoms with van der Waals surface area (Å²) >= 11 is 0. The van der Waals surface area contributed by atoms with Crippen LogP contribution in [0.4, 0.5) is 0 Å². The molecule has 7 heteroatoms. The van der Waals surface area contributed by atoms with E-state index in [1.807, 2.05) is 0 Å². The first-order valence-electron chi connectivity index (χ1n) is 9.13. The number of piperidine rings is 1. The van der Waals surface area contributed by atoms with E-state index in [0.717, 1.165) is 25.8 Å². The summed E-state index contributed by atoms with van der Waals surface area (Å²) in [6.45, 7) is 5.50. The molecule has 0 aromatic carbocycles. The van der Waals surface area contributed by atoms with E-state index in [1.54, 1.807) is 7.11 Å². The molecule has 8 atom stereocenters. The van der Waals surface area contributed by atoms with E-state index in [0.29, 0.717) is 28.7 Å². The minimum absolute atomic E-state index is 0.185. The number of aliphatic imine (C=N–C) groups is 1. The Labute approximate surface area is 147 Å². The maximum absolute atomic E-state index is 12.8. The van der Waals surface area contributed by atoms with Crippen molar-refractivity contribution in [3.05, 3.63) is 0 Å². The van der Waals surface area contributed by atoms with Crippen LogP contribution in [0.1, 0.15) is 33.1 Å². The quantitative estimate of drug-likeness (QED) is 0.682. The van der Waals surface area contributed by atoms with Crippen LogP contribution in [-0.2, 0) is 15.5 Å². The summed E-state index contributed by atoms with van der Waals surface area (Å²) in [6, 6.07) is 0.665. The smallest absolute Gasteiger partial charge is 0.188 e. The highest BCUT2D eigenvalue weighted by atomic mass is 32.2. The number of aliphatic hydroxyl groups is 1. The van der Waals surface area contributed by atoms with Gasteiger partial charge in [-0.15, -0.1) is 0 Å². The SMILES string of the molecule is COC1C(C)CNC(CS(=O)C2=NC3CCC(CO)CC3N2)C1C. The molecule has 1 saturated heterocycles. The van der Waals surface area contributed by atoms with Gasteiger partial charge in [0.15, 0.2) is 5.17 Å². The second-order valence-corrected chi connectivity index (χ2v) is 9.09. The molecule has 0 radical (unpaired) electrons. The summed E-state index contributed by atoms with van der Waals surface area (Å²) in [5.41, 5.74) is 0. The van der Waals surface area contributed by atoms with Gasteiger partial charge in [0.2, 0.25) is 0 Å². The van der Waals surface area contributed by atoms with Gasteiger partial charge in [-0.1, -0.05) is 13.8 Å². The number of nitrogens with zero attached hydrogens (tertiary/aromatic N) is 1. The predicted molar refractivity (Wildman–Crippen MR) is 96.5 cm³/mol. The molecule has 0 aromatic heterocycles. The van der Waals surface area contributed by atoms with Crippen LogP contribution in [0.15, 0.2) is 4.99 Å². The highest BCUT2D eigenvalue weighted by molar-refractivity contribution is 8.00. The predicted octanol–water partition coefficient (Wildman–Crippen LogP) is 0.483. The van der Waals surface area contributed by atoms with Crippen LogP contribution < -0.4 is 10.6 Å². The van der Waals surface area contributed by atoms with Crippen LogP contribution in [0.25, 0.3) is 0 Å². The lowest BCUT2D eigenvalue weighted by atomic mass is 9.84. The van der Waals surface area contributed by atoms with Gasteiger partial charge in [0.05, 0.1) is 29.0 Å². The largest absolute Gasteiger partial charge is 0.396 e. The lowest BCUT2D eigenvalue weighted by Crippen LogP contribution is -2.55. The van der Waals surface area contributed by atoms with E-state index in [1.165, 1.54) is 0 Å². The Balaban J connectivity index is 1.58. The zero-order valence-corrected chi connectivity index (χ0v) is 15.7. The summed E-state index contributed by atoms with van der Waals surface area (Å²) in [4.78, 5) is 4.69. The maximum atomic E-state index is 12.8. The van der Waals surface area contributed by atoms with E-state index >= 15 is 0 Å². The van der Waals surface area contributed by atoms with Gasteiger partial charge in [0.25, 0.3) is 0 Å². The monoisotopic (exact) mass is 357 g/mol. The van der Waals surface area contributed by atoms with Crippen LogP contribution in [0.3, 0.4) is 0 Å². The van der Waals surface area contributed by atoms with E-state index in [2.05, 4.69) is 29.5 Å². The zero-order chi connectivity index (χ0) is 17.3. The number of methoxy groups -OCH3 is 1. The molecule has 8 unspecified atom stereocenters. The Morgan fingerprint density at radius 1 is 1.38 bits per heavy atom. The fourth-order valence-electron chi connectivity index (χ4n) is 4.47. The zero-order valence-electron chi connectivity index (χ0n) is 14.9. The molecule has 2 heterocycles. The highest BCUT2D eigenvalue weighted by Gasteiger charge is 2.39. The number of aliphatic hydroxyl groups excluding tert-OH is 1. The van der Waals surface area contributed by atoms with Crippen LogP contribution >= 0.6 is 0 Å². The average molecular weight is 358 g/mol. The molecule has 3 N–H and O–H groups in total. The number of fused-ring (bicyclic) bond motifs is 1. The molecular weight excluding hydrogens is 326 g/mol. The molecule has 3 rings (SSSR count). The normalized spacial score (nSPS) is 43.7. The van der Waals surface area contributed by atoms with E-state index in [4.69, 9.17) is 4.74 Å². The molecule has 0 amide bonds. The van der Waals surface area contributed by atoms with Crippen molar-refractivity contribution in [2.75, 3.05) is 26.0 Å². The Morgan fingerprint density at radius 2 is 2.17 bits per heavy atom. The summed E-state index contributed by atoms with van der Waals surface area (Å²) < 4.78 is 18.5. The number of ether oxygens (including phenoxy) is 1. The van der Waals surface area contributed by atoms with Crippen LogP contribution in [0.5, 0.6) is 0 Å². The van der Waals surface area contributed by atoms with Crippen molar-refractivity contribution < 1.29 is 14.1 Å². The number of hydrogen-bond acceptors (Lipinski definition) is 6. The fraction of sp³-hybridized carbons (Fsp3) is 0.941. The molecule has 0 bridgehead atoms. The lowest BCUT2D eigenvalue weighted by Gasteiger charge is -2.40. The lowest BCUT2D eigenvalue weighted by molar-refractivity contribution is -0.0136. The van der Waals surface area contributed by atoms with Crippen molar-refractivity contribution in [2.24, 2.45) is 22.7 Å². The van der Waals surface area contributed by atoms with Gasteiger partial charge in [-0.05, 0) is 37.0 Å². The van der Waals surface area contributed by atoms with Gasteiger partial charge in [0.1, 0.15) is 0 Å². The molecule has 2 fully saturated rings. The second-order valence-electron chi connectivity index (χ2n) is 7.68. The Morgan fingerprint density at radius 3 is 2.88 bits per heavy atom. The van der Waals surface area contributed by atoms with Crippen molar-refractivity contribution in [1.29, 1.82) is 0 Å². The van der Waals surface area contributed by atoms with Crippen molar-refractivity contribution >= 4 is 16.0 Å². The fourth-order valence-corrected chi connectivity index (χ4v) is 5.92. The van der Waals surface area contributed by atoms with Gasteiger partial charge in [-0.3, -0.25) is 9.20 Å². The van der Waals surface area contributed by atoms with Gasteiger partial charge >= 0.3 is 0 Å². The maximum Gasteiger partial charge on any atom is 0.188 e. The van der Waals surface area contributed by atoms with E-state index in [-0.39, 0.29) is 30.8 Å². The number of rotatable bonds is 4. The molecule has 0 aromatic rings. The molecule has 2 aliphatic heterocycles. The van der Waals surface area contributed by atoms with Crippen LogP contribution in [-0.4, -0.2) is 64.7 Å². The van der Waals surface area contributed by atoms with Crippen molar-refractivity contribution in [3.63, 3.8) is 0 Å². The molecule has 24 heavy (non-hydrogen) atoms. The van der Waals surface area contributed by atoms with E-state index in [9.17, 15) is 9.32 Å². The topological polar surface area (TPSA) is 83.0 Å². The Bertz CT molecular complexity index is 501. The van der Waals surface area contributed by atoms with Gasteiger partial charge < -0.3 is 20.5 Å². The molecule has 1 aliphatic carbocycles. The first-order chi connectivity index (χ1) is 11.5. The van der Waals surface area contributed by atoms with Crippen molar-refractivity contribution in [1.82, 2.24) is 10.6 Å². The number of amidine groups is 1. The Hall–Kier alpha value is -0.500. The van der Waals surface area contributed by atoms with Crippen LogP contribution in [0.2, 0.25) is 0 Å². The van der Waals surface area contributed by atoms with Gasteiger partial charge in [-0.25, -0.2) is 0 Å².